The molecule has 1 heterocycles. The number of aryl methyl sites for hydroxylation is 1. The average Bonchev–Trinajstić information content (AvgIpc) is 2.67. The van der Waals surface area contributed by atoms with E-state index >= 15 is 0 Å². The summed E-state index contributed by atoms with van der Waals surface area (Å²) in [4.78, 5) is 0.426. The normalized spacial score (nSPS) is 22.4. The lowest BCUT2D eigenvalue weighted by Gasteiger charge is -2.35. The van der Waals surface area contributed by atoms with E-state index < -0.39 is 10.0 Å². The first-order chi connectivity index (χ1) is 12.5. The summed E-state index contributed by atoms with van der Waals surface area (Å²) in [6.07, 6.45) is 12.8. The summed E-state index contributed by atoms with van der Waals surface area (Å²) in [6, 6.07) is 7.47. The molecular formula is C21H28BrNO2S. The number of sulfonamides is 1. The molecule has 1 atom stereocenters. The van der Waals surface area contributed by atoms with Gasteiger partial charge in [-0.2, -0.15) is 4.31 Å². The number of rotatable bonds is 6. The highest BCUT2D eigenvalue weighted by Gasteiger charge is 2.32. The number of hydrogen-bond donors (Lipinski definition) is 0. The molecule has 3 rings (SSSR count). The second kappa shape index (κ2) is 8.85. The van der Waals surface area contributed by atoms with Crippen molar-refractivity contribution in [3.05, 3.63) is 52.5 Å². The van der Waals surface area contributed by atoms with Crippen LogP contribution in [-0.2, 0) is 16.4 Å². The van der Waals surface area contributed by atoms with Gasteiger partial charge in [-0.15, -0.1) is 0 Å². The van der Waals surface area contributed by atoms with Gasteiger partial charge in [0.2, 0.25) is 10.0 Å². The second-order valence-electron chi connectivity index (χ2n) is 7.27. The highest BCUT2D eigenvalue weighted by Crippen LogP contribution is 2.37. The van der Waals surface area contributed by atoms with Gasteiger partial charge in [0.1, 0.15) is 0 Å². The van der Waals surface area contributed by atoms with Crippen LogP contribution in [-0.4, -0.2) is 25.8 Å². The van der Waals surface area contributed by atoms with E-state index in [1.807, 2.05) is 12.1 Å². The van der Waals surface area contributed by atoms with E-state index in [1.165, 1.54) is 10.0 Å². The van der Waals surface area contributed by atoms with Gasteiger partial charge in [-0.3, -0.25) is 0 Å². The lowest BCUT2D eigenvalue weighted by molar-refractivity contribution is 0.248. The minimum Gasteiger partial charge on any atom is -0.207 e. The number of benzene rings is 1. The largest absolute Gasteiger partial charge is 0.243 e. The SMILES string of the molecule is CCCCc1ccc(S(=O)(=O)N2CCC(C3C=CCC=C3Br)CC2)cc1. The molecule has 1 aromatic carbocycles. The van der Waals surface area contributed by atoms with Crippen LogP contribution >= 0.6 is 15.9 Å². The van der Waals surface area contributed by atoms with E-state index in [-0.39, 0.29) is 0 Å². The Hall–Kier alpha value is -0.910. The molecule has 0 radical (unpaired) electrons. The Morgan fingerprint density at radius 3 is 2.46 bits per heavy atom. The van der Waals surface area contributed by atoms with Gasteiger partial charge in [0, 0.05) is 19.0 Å². The Bertz CT molecular complexity index is 760. The van der Waals surface area contributed by atoms with Gasteiger partial charge in [0.25, 0.3) is 0 Å². The van der Waals surface area contributed by atoms with Crippen molar-refractivity contribution in [2.24, 2.45) is 11.8 Å². The molecule has 0 N–H and O–H groups in total. The molecule has 1 aromatic rings. The van der Waals surface area contributed by atoms with Crippen molar-refractivity contribution >= 4 is 26.0 Å². The number of halogens is 1. The monoisotopic (exact) mass is 437 g/mol. The van der Waals surface area contributed by atoms with Crippen molar-refractivity contribution in [2.45, 2.75) is 50.3 Å². The smallest absolute Gasteiger partial charge is 0.207 e. The first kappa shape index (κ1) is 19.8. The lowest BCUT2D eigenvalue weighted by atomic mass is 9.83. The van der Waals surface area contributed by atoms with Crippen molar-refractivity contribution < 1.29 is 8.42 Å². The molecule has 1 unspecified atom stereocenters. The number of allylic oxidation sites excluding steroid dienone is 4. The molecule has 3 nitrogen and oxygen atoms in total. The van der Waals surface area contributed by atoms with Crippen molar-refractivity contribution in [3.8, 4) is 0 Å². The second-order valence-corrected chi connectivity index (χ2v) is 10.1. The number of nitrogens with zero attached hydrogens (tertiary/aromatic N) is 1. The summed E-state index contributed by atoms with van der Waals surface area (Å²) >= 11 is 3.68. The van der Waals surface area contributed by atoms with Crippen molar-refractivity contribution in [2.75, 3.05) is 13.1 Å². The summed E-state index contributed by atoms with van der Waals surface area (Å²) in [5.74, 6) is 0.923. The fourth-order valence-corrected chi connectivity index (χ4v) is 6.03. The molecule has 0 amide bonds. The first-order valence-electron chi connectivity index (χ1n) is 9.63. The summed E-state index contributed by atoms with van der Waals surface area (Å²) in [7, 11) is -3.38. The summed E-state index contributed by atoms with van der Waals surface area (Å²) in [5.41, 5.74) is 1.21. The minimum absolute atomic E-state index is 0.409. The third kappa shape index (κ3) is 4.49. The fraction of sp³-hybridized carbons (Fsp3) is 0.524. The van der Waals surface area contributed by atoms with Gasteiger partial charge < -0.3 is 0 Å². The Labute approximate surface area is 166 Å². The third-order valence-electron chi connectivity index (χ3n) is 5.50. The molecule has 5 heteroatoms. The van der Waals surface area contributed by atoms with Crippen molar-refractivity contribution in [1.29, 1.82) is 0 Å². The molecule has 0 bridgehead atoms. The van der Waals surface area contributed by atoms with E-state index in [0.29, 0.717) is 29.8 Å². The molecule has 0 spiro atoms. The summed E-state index contributed by atoms with van der Waals surface area (Å²) in [5, 5.41) is 0. The first-order valence-corrected chi connectivity index (χ1v) is 11.9. The zero-order valence-electron chi connectivity index (χ0n) is 15.4. The number of hydrogen-bond acceptors (Lipinski definition) is 2. The van der Waals surface area contributed by atoms with Crippen LogP contribution in [0.3, 0.4) is 0 Å². The standard InChI is InChI=1S/C21H28BrNO2S/c1-2-3-6-17-9-11-19(12-10-17)26(24,25)23-15-13-18(14-16-23)20-7-4-5-8-21(20)22/h4,7-12,18,20H,2-3,5-6,13-16H2,1H3. The van der Waals surface area contributed by atoms with Crippen LogP contribution in [0.4, 0.5) is 0 Å². The Morgan fingerprint density at radius 2 is 1.85 bits per heavy atom. The van der Waals surface area contributed by atoms with Crippen LogP contribution in [0.1, 0.15) is 44.6 Å². The van der Waals surface area contributed by atoms with Gasteiger partial charge in [0.15, 0.2) is 0 Å². The highest BCUT2D eigenvalue weighted by atomic mass is 79.9. The van der Waals surface area contributed by atoms with E-state index in [4.69, 9.17) is 0 Å². The average molecular weight is 438 g/mol. The molecule has 1 aliphatic heterocycles. The fourth-order valence-electron chi connectivity index (χ4n) is 3.85. The van der Waals surface area contributed by atoms with Gasteiger partial charge in [-0.1, -0.05) is 59.6 Å². The van der Waals surface area contributed by atoms with E-state index in [2.05, 4.69) is 41.1 Å². The topological polar surface area (TPSA) is 37.4 Å². The Balaban J connectivity index is 1.63. The van der Waals surface area contributed by atoms with Crippen LogP contribution in [0.25, 0.3) is 0 Å². The van der Waals surface area contributed by atoms with Gasteiger partial charge in [0.05, 0.1) is 4.90 Å². The molecule has 2 aliphatic rings. The molecular weight excluding hydrogens is 410 g/mol. The number of unbranched alkanes of at least 4 members (excludes halogenated alkanes) is 1. The maximum atomic E-state index is 13.0. The quantitative estimate of drug-likeness (QED) is 0.567. The Kier molecular flexibility index (Phi) is 6.76. The zero-order valence-corrected chi connectivity index (χ0v) is 17.8. The van der Waals surface area contributed by atoms with E-state index in [9.17, 15) is 8.42 Å². The lowest BCUT2D eigenvalue weighted by Crippen LogP contribution is -2.40. The summed E-state index contributed by atoms with van der Waals surface area (Å²) < 4.78 is 28.8. The molecule has 1 saturated heterocycles. The van der Waals surface area contributed by atoms with Crippen LogP contribution in [0.2, 0.25) is 0 Å². The van der Waals surface area contributed by atoms with Gasteiger partial charge in [-0.25, -0.2) is 8.42 Å². The predicted octanol–water partition coefficient (Wildman–Crippen LogP) is 5.28. The maximum absolute atomic E-state index is 13.0. The molecule has 0 saturated carbocycles. The van der Waals surface area contributed by atoms with Crippen LogP contribution in [0, 0.1) is 11.8 Å². The van der Waals surface area contributed by atoms with Gasteiger partial charge >= 0.3 is 0 Å². The van der Waals surface area contributed by atoms with Crippen molar-refractivity contribution in [3.63, 3.8) is 0 Å². The zero-order chi connectivity index (χ0) is 18.6. The predicted molar refractivity (Wildman–Crippen MR) is 111 cm³/mol. The highest BCUT2D eigenvalue weighted by molar-refractivity contribution is 9.11. The van der Waals surface area contributed by atoms with E-state index in [1.54, 1.807) is 16.4 Å². The molecule has 26 heavy (non-hydrogen) atoms. The van der Waals surface area contributed by atoms with Crippen LogP contribution in [0.5, 0.6) is 0 Å². The Morgan fingerprint density at radius 1 is 1.15 bits per heavy atom. The molecule has 1 fully saturated rings. The molecule has 1 aliphatic carbocycles. The van der Waals surface area contributed by atoms with Crippen molar-refractivity contribution in [1.82, 2.24) is 4.31 Å². The van der Waals surface area contributed by atoms with E-state index in [0.717, 1.165) is 38.5 Å². The van der Waals surface area contributed by atoms with Crippen LogP contribution < -0.4 is 0 Å². The van der Waals surface area contributed by atoms with Crippen LogP contribution in [0.15, 0.2) is 51.9 Å². The molecule has 142 valence electrons. The minimum atomic E-state index is -3.38. The molecule has 0 aromatic heterocycles. The number of piperidine rings is 1. The summed E-state index contributed by atoms with van der Waals surface area (Å²) in [6.45, 7) is 3.38. The third-order valence-corrected chi connectivity index (χ3v) is 8.26. The van der Waals surface area contributed by atoms with Gasteiger partial charge in [-0.05, 0) is 60.2 Å². The maximum Gasteiger partial charge on any atom is 0.243 e.